The number of aliphatic hydroxyl groups excluding tert-OH is 1. The predicted octanol–water partition coefficient (Wildman–Crippen LogP) is 0.780. The number of amides is 1. The smallest absolute Gasteiger partial charge is 0.234 e. The standard InChI is InChI=1S/C15H26N4O2/c1-15(2,3)13-7-11(17-18-13)8-16-14(21)10-19-6-4-5-12(20)9-19/h7,12,20H,4-6,8-10H2,1-3H3,(H,16,21)(H,17,18). The molecule has 1 unspecified atom stereocenters. The topological polar surface area (TPSA) is 81.3 Å². The fourth-order valence-corrected chi connectivity index (χ4v) is 2.46. The first-order valence-electron chi connectivity index (χ1n) is 7.56. The molecule has 6 nitrogen and oxygen atoms in total. The number of likely N-dealkylation sites (tertiary alicyclic amines) is 1. The van der Waals surface area contributed by atoms with Crippen LogP contribution >= 0.6 is 0 Å². The molecule has 21 heavy (non-hydrogen) atoms. The molecular weight excluding hydrogens is 268 g/mol. The summed E-state index contributed by atoms with van der Waals surface area (Å²) in [5, 5.41) is 19.7. The number of carbonyl (C=O) groups is 1. The highest BCUT2D eigenvalue weighted by Gasteiger charge is 2.20. The summed E-state index contributed by atoms with van der Waals surface area (Å²) in [4.78, 5) is 13.9. The van der Waals surface area contributed by atoms with Gasteiger partial charge in [-0.05, 0) is 25.5 Å². The van der Waals surface area contributed by atoms with E-state index in [0.29, 0.717) is 19.6 Å². The molecule has 0 saturated carbocycles. The zero-order valence-corrected chi connectivity index (χ0v) is 13.1. The number of aliphatic hydroxyl groups is 1. The SMILES string of the molecule is CC(C)(C)c1cc(CNC(=O)CN2CCCC(O)C2)[nH]n1. The van der Waals surface area contributed by atoms with Gasteiger partial charge in [0.2, 0.25) is 5.91 Å². The van der Waals surface area contributed by atoms with Crippen molar-refractivity contribution in [1.82, 2.24) is 20.4 Å². The van der Waals surface area contributed by atoms with Crippen molar-refractivity contribution < 1.29 is 9.90 Å². The molecule has 1 fully saturated rings. The molecule has 1 aliphatic rings. The van der Waals surface area contributed by atoms with Gasteiger partial charge in [-0.25, -0.2) is 0 Å². The summed E-state index contributed by atoms with van der Waals surface area (Å²) in [6.07, 6.45) is 1.49. The summed E-state index contributed by atoms with van der Waals surface area (Å²) in [7, 11) is 0. The molecule has 1 saturated heterocycles. The molecule has 3 N–H and O–H groups in total. The first kappa shape index (κ1) is 16.0. The maximum Gasteiger partial charge on any atom is 0.234 e. The number of nitrogens with one attached hydrogen (secondary N) is 2. The van der Waals surface area contributed by atoms with E-state index in [1.807, 2.05) is 11.0 Å². The largest absolute Gasteiger partial charge is 0.392 e. The molecule has 1 aromatic heterocycles. The zero-order chi connectivity index (χ0) is 15.5. The number of hydrogen-bond donors (Lipinski definition) is 3. The lowest BCUT2D eigenvalue weighted by atomic mass is 9.92. The minimum absolute atomic E-state index is 0.00268. The van der Waals surface area contributed by atoms with Crippen molar-refractivity contribution >= 4 is 5.91 Å². The van der Waals surface area contributed by atoms with Gasteiger partial charge in [-0.2, -0.15) is 5.10 Å². The van der Waals surface area contributed by atoms with E-state index >= 15 is 0 Å². The number of carbonyl (C=O) groups excluding carboxylic acids is 1. The Kier molecular flexibility index (Phi) is 5.00. The Bertz CT molecular complexity index is 478. The summed E-state index contributed by atoms with van der Waals surface area (Å²) >= 11 is 0. The number of rotatable bonds is 4. The van der Waals surface area contributed by atoms with Gasteiger partial charge in [-0.15, -0.1) is 0 Å². The Morgan fingerprint density at radius 3 is 2.95 bits per heavy atom. The molecule has 0 aromatic carbocycles. The van der Waals surface area contributed by atoms with Gasteiger partial charge in [0.1, 0.15) is 0 Å². The fraction of sp³-hybridized carbons (Fsp3) is 0.733. The zero-order valence-electron chi connectivity index (χ0n) is 13.1. The Morgan fingerprint density at radius 1 is 1.57 bits per heavy atom. The lowest BCUT2D eigenvalue weighted by Gasteiger charge is -2.29. The lowest BCUT2D eigenvalue weighted by molar-refractivity contribution is -0.123. The van der Waals surface area contributed by atoms with E-state index in [-0.39, 0.29) is 17.4 Å². The van der Waals surface area contributed by atoms with Crippen LogP contribution in [0, 0.1) is 0 Å². The Balaban J connectivity index is 1.77. The molecule has 1 amide bonds. The molecule has 1 aliphatic heterocycles. The Morgan fingerprint density at radius 2 is 2.33 bits per heavy atom. The van der Waals surface area contributed by atoms with Crippen LogP contribution in [0.3, 0.4) is 0 Å². The third-order valence-electron chi connectivity index (χ3n) is 3.72. The van der Waals surface area contributed by atoms with Crippen LogP contribution in [0.5, 0.6) is 0 Å². The molecule has 118 valence electrons. The summed E-state index contributed by atoms with van der Waals surface area (Å²) in [5.74, 6) is -0.0176. The third-order valence-corrected chi connectivity index (χ3v) is 3.72. The number of piperidine rings is 1. The highest BCUT2D eigenvalue weighted by Crippen LogP contribution is 2.20. The minimum Gasteiger partial charge on any atom is -0.392 e. The van der Waals surface area contributed by atoms with Crippen LogP contribution in [0.4, 0.5) is 0 Å². The minimum atomic E-state index is -0.298. The predicted molar refractivity (Wildman–Crippen MR) is 80.8 cm³/mol. The molecule has 6 heteroatoms. The second-order valence-corrected chi connectivity index (χ2v) is 6.84. The van der Waals surface area contributed by atoms with Gasteiger partial charge in [0, 0.05) is 12.0 Å². The number of aromatic nitrogens is 2. The van der Waals surface area contributed by atoms with Gasteiger partial charge in [0.25, 0.3) is 0 Å². The number of β-amino-alcohol motifs (C(OH)–C–C–N with tert-alkyl or cyclic N) is 1. The second kappa shape index (κ2) is 6.58. The van der Waals surface area contributed by atoms with Gasteiger partial charge in [-0.1, -0.05) is 20.8 Å². The van der Waals surface area contributed by atoms with Gasteiger partial charge in [0.05, 0.1) is 30.6 Å². The lowest BCUT2D eigenvalue weighted by Crippen LogP contribution is -2.44. The summed E-state index contributed by atoms with van der Waals surface area (Å²) in [6, 6.07) is 1.99. The van der Waals surface area contributed by atoms with Gasteiger partial charge in [0.15, 0.2) is 0 Å². The van der Waals surface area contributed by atoms with E-state index < -0.39 is 0 Å². The van der Waals surface area contributed by atoms with Crippen molar-refractivity contribution in [3.05, 3.63) is 17.5 Å². The molecule has 2 rings (SSSR count). The van der Waals surface area contributed by atoms with Crippen molar-refractivity contribution in [1.29, 1.82) is 0 Å². The van der Waals surface area contributed by atoms with E-state index in [2.05, 4.69) is 36.3 Å². The number of hydrogen-bond acceptors (Lipinski definition) is 4. The average Bonchev–Trinajstić information content (AvgIpc) is 2.85. The van der Waals surface area contributed by atoms with Crippen molar-refractivity contribution in [2.75, 3.05) is 19.6 Å². The quantitative estimate of drug-likeness (QED) is 0.766. The summed E-state index contributed by atoms with van der Waals surface area (Å²) < 4.78 is 0. The Hall–Kier alpha value is -1.40. The van der Waals surface area contributed by atoms with Crippen LogP contribution in [0.15, 0.2) is 6.07 Å². The van der Waals surface area contributed by atoms with E-state index in [9.17, 15) is 9.90 Å². The third kappa shape index (κ3) is 4.82. The maximum absolute atomic E-state index is 11.9. The normalized spacial score (nSPS) is 20.5. The molecular formula is C15H26N4O2. The van der Waals surface area contributed by atoms with E-state index in [1.165, 1.54) is 0 Å². The Labute approximate surface area is 125 Å². The van der Waals surface area contributed by atoms with Crippen LogP contribution in [-0.4, -0.2) is 51.8 Å². The second-order valence-electron chi connectivity index (χ2n) is 6.84. The van der Waals surface area contributed by atoms with Gasteiger partial charge < -0.3 is 10.4 Å². The first-order chi connectivity index (χ1) is 9.84. The van der Waals surface area contributed by atoms with Crippen molar-refractivity contribution in [3.63, 3.8) is 0 Å². The number of nitrogens with zero attached hydrogens (tertiary/aromatic N) is 2. The van der Waals surface area contributed by atoms with Crippen LogP contribution < -0.4 is 5.32 Å². The highest BCUT2D eigenvalue weighted by molar-refractivity contribution is 5.77. The van der Waals surface area contributed by atoms with E-state index in [4.69, 9.17) is 0 Å². The molecule has 0 aliphatic carbocycles. The summed E-state index contributed by atoms with van der Waals surface area (Å²) in [6.45, 7) is 8.58. The average molecular weight is 294 g/mol. The molecule has 1 atom stereocenters. The first-order valence-corrected chi connectivity index (χ1v) is 7.56. The van der Waals surface area contributed by atoms with Crippen LogP contribution in [0.2, 0.25) is 0 Å². The van der Waals surface area contributed by atoms with Gasteiger partial charge >= 0.3 is 0 Å². The molecule has 0 spiro atoms. The molecule has 2 heterocycles. The monoisotopic (exact) mass is 294 g/mol. The number of H-pyrrole nitrogens is 1. The van der Waals surface area contributed by atoms with E-state index in [1.54, 1.807) is 0 Å². The fourth-order valence-electron chi connectivity index (χ4n) is 2.46. The summed E-state index contributed by atoms with van der Waals surface area (Å²) in [5.41, 5.74) is 1.90. The highest BCUT2D eigenvalue weighted by atomic mass is 16.3. The van der Waals surface area contributed by atoms with Crippen LogP contribution in [0.1, 0.15) is 45.0 Å². The van der Waals surface area contributed by atoms with Crippen LogP contribution in [0.25, 0.3) is 0 Å². The van der Waals surface area contributed by atoms with Crippen LogP contribution in [-0.2, 0) is 16.8 Å². The molecule has 0 bridgehead atoms. The molecule has 0 radical (unpaired) electrons. The maximum atomic E-state index is 11.9. The molecule has 1 aromatic rings. The van der Waals surface area contributed by atoms with Crippen molar-refractivity contribution in [3.8, 4) is 0 Å². The van der Waals surface area contributed by atoms with Crippen molar-refractivity contribution in [2.45, 2.75) is 51.7 Å². The van der Waals surface area contributed by atoms with Crippen molar-refractivity contribution in [2.24, 2.45) is 0 Å². The van der Waals surface area contributed by atoms with Gasteiger partial charge in [-0.3, -0.25) is 14.8 Å². The van der Waals surface area contributed by atoms with E-state index in [0.717, 1.165) is 30.8 Å². The number of aromatic amines is 1.